The number of carbonyl (C=O) groups excluding carboxylic acids is 1. The molecule has 7 heteroatoms. The van der Waals surface area contributed by atoms with Crippen LogP contribution in [0.15, 0.2) is 24.3 Å². The third kappa shape index (κ3) is 3.55. The fourth-order valence-corrected chi connectivity index (χ4v) is 3.13. The van der Waals surface area contributed by atoms with E-state index < -0.39 is 0 Å². The largest absolute Gasteiger partial charge is 0.342 e. The zero-order chi connectivity index (χ0) is 16.2. The van der Waals surface area contributed by atoms with Gasteiger partial charge in [-0.15, -0.1) is 10.2 Å². The van der Waals surface area contributed by atoms with Gasteiger partial charge in [-0.3, -0.25) is 4.79 Å². The van der Waals surface area contributed by atoms with E-state index in [4.69, 9.17) is 0 Å². The van der Waals surface area contributed by atoms with Crippen LogP contribution in [0.4, 0.5) is 4.39 Å². The van der Waals surface area contributed by atoms with Crippen molar-refractivity contribution in [3.63, 3.8) is 0 Å². The van der Waals surface area contributed by atoms with Crippen molar-refractivity contribution in [2.45, 2.75) is 38.0 Å². The van der Waals surface area contributed by atoms with Gasteiger partial charge in [-0.25, -0.2) is 4.39 Å². The van der Waals surface area contributed by atoms with Crippen molar-refractivity contribution < 1.29 is 9.18 Å². The molecule has 1 aliphatic heterocycles. The summed E-state index contributed by atoms with van der Waals surface area (Å²) < 4.78 is 13.8. The first-order valence-electron chi connectivity index (χ1n) is 7.90. The van der Waals surface area contributed by atoms with Gasteiger partial charge in [0.2, 0.25) is 5.91 Å². The van der Waals surface area contributed by atoms with Gasteiger partial charge < -0.3 is 4.90 Å². The van der Waals surface area contributed by atoms with Gasteiger partial charge in [0.1, 0.15) is 5.82 Å². The van der Waals surface area contributed by atoms with E-state index >= 15 is 0 Å². The summed E-state index contributed by atoms with van der Waals surface area (Å²) in [4.78, 5) is 14.4. The Bertz CT molecular complexity index is 660. The van der Waals surface area contributed by atoms with Crippen molar-refractivity contribution in [3.05, 3.63) is 41.5 Å². The van der Waals surface area contributed by atoms with Gasteiger partial charge in [0, 0.05) is 25.4 Å². The van der Waals surface area contributed by atoms with Crippen LogP contribution in [0.1, 0.15) is 49.4 Å². The van der Waals surface area contributed by atoms with Crippen molar-refractivity contribution in [2.75, 3.05) is 13.1 Å². The third-order valence-electron chi connectivity index (χ3n) is 4.42. The molecule has 0 bridgehead atoms. The number of likely N-dealkylation sites (tertiary alicyclic amines) is 1. The maximum atomic E-state index is 13.8. The van der Waals surface area contributed by atoms with E-state index in [1.807, 2.05) is 11.8 Å². The van der Waals surface area contributed by atoms with Gasteiger partial charge in [-0.05, 0) is 30.4 Å². The first-order chi connectivity index (χ1) is 11.1. The number of carbonyl (C=O) groups is 1. The zero-order valence-electron chi connectivity index (χ0n) is 13.1. The second-order valence-corrected chi connectivity index (χ2v) is 6.08. The van der Waals surface area contributed by atoms with Crippen LogP contribution in [-0.2, 0) is 4.79 Å². The second-order valence-electron chi connectivity index (χ2n) is 6.08. The SMILES string of the molecule is CC(CC(=O)N1CCCC(c2nn[nH]n2)C1)c1ccccc1F. The lowest BCUT2D eigenvalue weighted by atomic mass is 9.94. The van der Waals surface area contributed by atoms with Crippen molar-refractivity contribution in [1.82, 2.24) is 25.5 Å². The summed E-state index contributed by atoms with van der Waals surface area (Å²) in [7, 11) is 0. The molecule has 0 saturated carbocycles. The molecule has 1 N–H and O–H groups in total. The molecule has 0 aliphatic carbocycles. The predicted octanol–water partition coefficient (Wildman–Crippen LogP) is 2.24. The van der Waals surface area contributed by atoms with E-state index in [-0.39, 0.29) is 23.6 Å². The average Bonchev–Trinajstić information content (AvgIpc) is 3.10. The van der Waals surface area contributed by atoms with Gasteiger partial charge in [0.15, 0.2) is 5.82 Å². The topological polar surface area (TPSA) is 74.8 Å². The predicted molar refractivity (Wildman–Crippen MR) is 82.2 cm³/mol. The second kappa shape index (κ2) is 6.85. The lowest BCUT2D eigenvalue weighted by Crippen LogP contribution is -2.39. The molecule has 2 aromatic rings. The Hall–Kier alpha value is -2.31. The Kier molecular flexibility index (Phi) is 4.64. The van der Waals surface area contributed by atoms with Crippen LogP contribution in [0.3, 0.4) is 0 Å². The molecule has 1 aliphatic rings. The van der Waals surface area contributed by atoms with Crippen molar-refractivity contribution in [2.24, 2.45) is 0 Å². The molecule has 1 saturated heterocycles. The molecule has 0 radical (unpaired) electrons. The average molecular weight is 317 g/mol. The van der Waals surface area contributed by atoms with Gasteiger partial charge in [-0.1, -0.05) is 30.3 Å². The van der Waals surface area contributed by atoms with E-state index in [0.29, 0.717) is 24.4 Å². The molecule has 2 heterocycles. The minimum Gasteiger partial charge on any atom is -0.342 e. The highest BCUT2D eigenvalue weighted by molar-refractivity contribution is 5.77. The molecule has 122 valence electrons. The molecular formula is C16H20FN5O. The number of rotatable bonds is 4. The molecule has 1 aromatic carbocycles. The summed E-state index contributed by atoms with van der Waals surface area (Å²) in [6.45, 7) is 3.22. The van der Waals surface area contributed by atoms with Crippen LogP contribution < -0.4 is 0 Å². The maximum absolute atomic E-state index is 13.8. The van der Waals surface area contributed by atoms with Crippen LogP contribution in [-0.4, -0.2) is 44.5 Å². The number of aromatic nitrogens is 4. The maximum Gasteiger partial charge on any atom is 0.223 e. The highest BCUT2D eigenvalue weighted by atomic mass is 19.1. The Labute approximate surface area is 134 Å². The molecule has 6 nitrogen and oxygen atoms in total. The third-order valence-corrected chi connectivity index (χ3v) is 4.42. The van der Waals surface area contributed by atoms with Gasteiger partial charge in [0.05, 0.1) is 0 Å². The minimum atomic E-state index is -0.254. The van der Waals surface area contributed by atoms with Gasteiger partial charge >= 0.3 is 0 Å². The fraction of sp³-hybridized carbons (Fsp3) is 0.500. The number of nitrogens with one attached hydrogen (secondary N) is 1. The summed E-state index contributed by atoms with van der Waals surface area (Å²) in [6.07, 6.45) is 2.17. The fourth-order valence-electron chi connectivity index (χ4n) is 3.13. The highest BCUT2D eigenvalue weighted by Crippen LogP contribution is 2.27. The number of halogens is 1. The number of piperidine rings is 1. The van der Waals surface area contributed by atoms with Crippen LogP contribution in [0.5, 0.6) is 0 Å². The van der Waals surface area contributed by atoms with E-state index in [1.54, 1.807) is 18.2 Å². The smallest absolute Gasteiger partial charge is 0.223 e. The highest BCUT2D eigenvalue weighted by Gasteiger charge is 2.28. The Morgan fingerprint density at radius 2 is 2.30 bits per heavy atom. The minimum absolute atomic E-state index is 0.0500. The van der Waals surface area contributed by atoms with Crippen molar-refractivity contribution in [1.29, 1.82) is 0 Å². The van der Waals surface area contributed by atoms with Crippen LogP contribution in [0.2, 0.25) is 0 Å². The number of aromatic amines is 1. The molecule has 3 rings (SSSR count). The van der Waals surface area contributed by atoms with Crippen LogP contribution in [0, 0.1) is 5.82 Å². The number of amides is 1. The number of hydrogen-bond acceptors (Lipinski definition) is 4. The van der Waals surface area contributed by atoms with Crippen molar-refractivity contribution in [3.8, 4) is 0 Å². The summed E-state index contributed by atoms with van der Waals surface area (Å²) in [5, 5.41) is 14.1. The van der Waals surface area contributed by atoms with Gasteiger partial charge in [-0.2, -0.15) is 5.21 Å². The molecule has 23 heavy (non-hydrogen) atoms. The quantitative estimate of drug-likeness (QED) is 0.938. The number of nitrogens with zero attached hydrogens (tertiary/aromatic N) is 4. The Balaban J connectivity index is 1.62. The molecule has 0 spiro atoms. The molecule has 1 aromatic heterocycles. The Morgan fingerprint density at radius 1 is 1.48 bits per heavy atom. The number of hydrogen-bond donors (Lipinski definition) is 1. The van der Waals surface area contributed by atoms with Gasteiger partial charge in [0.25, 0.3) is 0 Å². The monoisotopic (exact) mass is 317 g/mol. The molecule has 1 amide bonds. The number of tetrazole rings is 1. The van der Waals surface area contributed by atoms with Crippen LogP contribution >= 0.6 is 0 Å². The normalized spacial score (nSPS) is 19.6. The summed E-state index contributed by atoms with van der Waals surface area (Å²) >= 11 is 0. The first kappa shape index (κ1) is 15.6. The standard InChI is InChI=1S/C16H20FN5O/c1-11(13-6-2-3-7-14(13)17)9-15(23)22-8-4-5-12(10-22)16-18-20-21-19-16/h2-3,6-7,11-12H,4-5,8-10H2,1H3,(H,18,19,20,21). The Morgan fingerprint density at radius 3 is 3.04 bits per heavy atom. The lowest BCUT2D eigenvalue weighted by Gasteiger charge is -2.32. The summed E-state index contributed by atoms with van der Waals surface area (Å²) in [5.74, 6) is 0.430. The number of benzene rings is 1. The summed E-state index contributed by atoms with van der Waals surface area (Å²) in [5.41, 5.74) is 0.590. The zero-order valence-corrected chi connectivity index (χ0v) is 13.1. The number of H-pyrrole nitrogens is 1. The molecular weight excluding hydrogens is 297 g/mol. The summed E-state index contributed by atoms with van der Waals surface area (Å²) in [6, 6.07) is 6.63. The first-order valence-corrected chi connectivity index (χ1v) is 7.90. The van der Waals surface area contributed by atoms with Crippen molar-refractivity contribution >= 4 is 5.91 Å². The van der Waals surface area contributed by atoms with E-state index in [9.17, 15) is 9.18 Å². The molecule has 2 atom stereocenters. The van der Waals surface area contributed by atoms with E-state index in [0.717, 1.165) is 19.4 Å². The molecule has 1 fully saturated rings. The molecule has 2 unspecified atom stereocenters. The van der Waals surface area contributed by atoms with E-state index in [2.05, 4.69) is 20.6 Å². The van der Waals surface area contributed by atoms with Crippen LogP contribution in [0.25, 0.3) is 0 Å². The lowest BCUT2D eigenvalue weighted by molar-refractivity contribution is -0.132. The van der Waals surface area contributed by atoms with E-state index in [1.165, 1.54) is 6.07 Å².